The van der Waals surface area contributed by atoms with Crippen LogP contribution in [0.3, 0.4) is 0 Å². The largest absolute Gasteiger partial charge is 0.481 e. The van der Waals surface area contributed by atoms with Crippen molar-refractivity contribution in [2.75, 3.05) is 19.0 Å². The van der Waals surface area contributed by atoms with E-state index in [0.717, 1.165) is 19.3 Å². The van der Waals surface area contributed by atoms with E-state index in [4.69, 9.17) is 4.74 Å². The number of methoxy groups -OCH3 is 1. The van der Waals surface area contributed by atoms with E-state index in [1.165, 1.54) is 6.42 Å². The molecule has 0 aromatic carbocycles. The Bertz CT molecular complexity index is 359. The topological polar surface area (TPSA) is 67.3 Å². The zero-order valence-electron chi connectivity index (χ0n) is 10.1. The summed E-state index contributed by atoms with van der Waals surface area (Å²) in [6.45, 7) is 0.717. The molecular formula is C12H19N3O2. The van der Waals surface area contributed by atoms with Gasteiger partial charge in [0.25, 0.3) is 0 Å². The number of aromatic nitrogens is 2. The molecule has 0 bridgehead atoms. The summed E-state index contributed by atoms with van der Waals surface area (Å²) in [6, 6.07) is 1.71. The summed E-state index contributed by atoms with van der Waals surface area (Å²) in [5.74, 6) is 1.41. The molecule has 0 amide bonds. The van der Waals surface area contributed by atoms with Gasteiger partial charge in [-0.05, 0) is 12.8 Å². The number of nitrogens with zero attached hydrogens (tertiary/aromatic N) is 2. The maximum absolute atomic E-state index is 9.84. The second kappa shape index (κ2) is 5.82. The van der Waals surface area contributed by atoms with Crippen LogP contribution in [0, 0.1) is 5.92 Å². The van der Waals surface area contributed by atoms with Crippen LogP contribution in [0.1, 0.15) is 25.7 Å². The lowest BCUT2D eigenvalue weighted by atomic mass is 9.86. The van der Waals surface area contributed by atoms with Crippen LogP contribution in [0.5, 0.6) is 5.88 Å². The van der Waals surface area contributed by atoms with Gasteiger partial charge in [-0.15, -0.1) is 0 Å². The predicted molar refractivity (Wildman–Crippen MR) is 65.0 cm³/mol. The summed E-state index contributed by atoms with van der Waals surface area (Å²) >= 11 is 0. The summed E-state index contributed by atoms with van der Waals surface area (Å²) in [4.78, 5) is 8.29. The maximum atomic E-state index is 9.84. The Labute approximate surface area is 101 Å². The molecule has 5 heteroatoms. The molecule has 1 aliphatic rings. The van der Waals surface area contributed by atoms with Crippen LogP contribution < -0.4 is 10.1 Å². The first-order valence-electron chi connectivity index (χ1n) is 6.08. The molecule has 17 heavy (non-hydrogen) atoms. The van der Waals surface area contributed by atoms with E-state index in [2.05, 4.69) is 15.3 Å². The molecule has 1 aromatic rings. The Hall–Kier alpha value is -1.36. The quantitative estimate of drug-likeness (QED) is 0.829. The SMILES string of the molecule is COc1ccnc(NCC2CCCCC2O)n1. The van der Waals surface area contributed by atoms with Crippen molar-refractivity contribution in [3.8, 4) is 5.88 Å². The van der Waals surface area contributed by atoms with Crippen molar-refractivity contribution >= 4 is 5.95 Å². The summed E-state index contributed by atoms with van der Waals surface area (Å²) in [5.41, 5.74) is 0. The van der Waals surface area contributed by atoms with Gasteiger partial charge in [-0.2, -0.15) is 4.98 Å². The van der Waals surface area contributed by atoms with E-state index >= 15 is 0 Å². The van der Waals surface area contributed by atoms with Crippen molar-refractivity contribution in [2.45, 2.75) is 31.8 Å². The molecule has 2 atom stereocenters. The Morgan fingerprint density at radius 3 is 3.06 bits per heavy atom. The van der Waals surface area contributed by atoms with E-state index in [1.54, 1.807) is 19.4 Å². The van der Waals surface area contributed by atoms with Gasteiger partial charge in [-0.25, -0.2) is 4.98 Å². The lowest BCUT2D eigenvalue weighted by Gasteiger charge is -2.27. The van der Waals surface area contributed by atoms with Crippen LogP contribution in [0.4, 0.5) is 5.95 Å². The fourth-order valence-electron chi connectivity index (χ4n) is 2.19. The molecule has 1 heterocycles. The molecule has 5 nitrogen and oxygen atoms in total. The number of ether oxygens (including phenoxy) is 1. The molecule has 1 aliphatic carbocycles. The van der Waals surface area contributed by atoms with E-state index in [1.807, 2.05) is 0 Å². The second-order valence-electron chi connectivity index (χ2n) is 4.42. The first-order chi connectivity index (χ1) is 8.29. The van der Waals surface area contributed by atoms with Crippen LogP contribution in [0.15, 0.2) is 12.3 Å². The van der Waals surface area contributed by atoms with Gasteiger partial charge in [0.2, 0.25) is 11.8 Å². The Kier molecular flexibility index (Phi) is 4.14. The van der Waals surface area contributed by atoms with Gasteiger partial charge in [0.1, 0.15) is 0 Å². The highest BCUT2D eigenvalue weighted by Crippen LogP contribution is 2.24. The van der Waals surface area contributed by atoms with Crippen LogP contribution in [0.2, 0.25) is 0 Å². The minimum Gasteiger partial charge on any atom is -0.481 e. The summed E-state index contributed by atoms with van der Waals surface area (Å²) in [7, 11) is 1.58. The normalized spacial score (nSPS) is 24.4. The molecule has 0 aliphatic heterocycles. The van der Waals surface area contributed by atoms with Crippen molar-refractivity contribution in [2.24, 2.45) is 5.92 Å². The molecule has 1 aromatic heterocycles. The van der Waals surface area contributed by atoms with Gasteiger partial charge in [-0.3, -0.25) is 0 Å². The number of anilines is 1. The average Bonchev–Trinajstić information content (AvgIpc) is 2.38. The third kappa shape index (κ3) is 3.30. The fourth-order valence-corrected chi connectivity index (χ4v) is 2.19. The maximum Gasteiger partial charge on any atom is 0.225 e. The third-order valence-electron chi connectivity index (χ3n) is 3.23. The minimum atomic E-state index is -0.193. The second-order valence-corrected chi connectivity index (χ2v) is 4.42. The van der Waals surface area contributed by atoms with Crippen molar-refractivity contribution in [3.63, 3.8) is 0 Å². The van der Waals surface area contributed by atoms with E-state index in [9.17, 15) is 5.11 Å². The first-order valence-corrected chi connectivity index (χ1v) is 6.08. The van der Waals surface area contributed by atoms with Gasteiger partial charge >= 0.3 is 0 Å². The van der Waals surface area contributed by atoms with Gasteiger partial charge < -0.3 is 15.2 Å². The number of nitrogens with one attached hydrogen (secondary N) is 1. The molecule has 2 unspecified atom stereocenters. The monoisotopic (exact) mass is 237 g/mol. The lowest BCUT2D eigenvalue weighted by molar-refractivity contribution is 0.0762. The third-order valence-corrected chi connectivity index (χ3v) is 3.23. The van der Waals surface area contributed by atoms with Gasteiger partial charge in [-0.1, -0.05) is 12.8 Å². The molecule has 94 valence electrons. The van der Waals surface area contributed by atoms with Crippen LogP contribution in [-0.2, 0) is 0 Å². The average molecular weight is 237 g/mol. The highest BCUT2D eigenvalue weighted by molar-refractivity contribution is 5.27. The van der Waals surface area contributed by atoms with Gasteiger partial charge in [0, 0.05) is 24.7 Å². The zero-order chi connectivity index (χ0) is 12.1. The minimum absolute atomic E-state index is 0.193. The summed E-state index contributed by atoms with van der Waals surface area (Å²) in [6.07, 6.45) is 5.77. The predicted octanol–water partition coefficient (Wildman–Crippen LogP) is 1.45. The number of hydrogen-bond donors (Lipinski definition) is 2. The van der Waals surface area contributed by atoms with Gasteiger partial charge in [0.05, 0.1) is 13.2 Å². The van der Waals surface area contributed by atoms with E-state index < -0.39 is 0 Å². The van der Waals surface area contributed by atoms with Crippen molar-refractivity contribution in [1.82, 2.24) is 9.97 Å². The first kappa shape index (κ1) is 12.1. The number of aliphatic hydroxyl groups excluding tert-OH is 1. The van der Waals surface area contributed by atoms with Crippen molar-refractivity contribution in [1.29, 1.82) is 0 Å². The Morgan fingerprint density at radius 1 is 1.47 bits per heavy atom. The summed E-state index contributed by atoms with van der Waals surface area (Å²) < 4.78 is 5.03. The van der Waals surface area contributed by atoms with Crippen molar-refractivity contribution < 1.29 is 9.84 Å². The zero-order valence-corrected chi connectivity index (χ0v) is 10.1. The molecule has 0 radical (unpaired) electrons. The molecular weight excluding hydrogens is 218 g/mol. The van der Waals surface area contributed by atoms with Crippen LogP contribution in [0.25, 0.3) is 0 Å². The molecule has 1 saturated carbocycles. The van der Waals surface area contributed by atoms with E-state index in [-0.39, 0.29) is 6.10 Å². The Balaban J connectivity index is 1.88. The number of rotatable bonds is 4. The molecule has 1 fully saturated rings. The van der Waals surface area contributed by atoms with Crippen molar-refractivity contribution in [3.05, 3.63) is 12.3 Å². The standard InChI is InChI=1S/C12H19N3O2/c1-17-11-6-7-13-12(15-11)14-8-9-4-2-3-5-10(9)16/h6-7,9-10,16H,2-5,8H2,1H3,(H,13,14,15). The molecule has 2 N–H and O–H groups in total. The lowest BCUT2D eigenvalue weighted by Crippen LogP contribution is -2.30. The fraction of sp³-hybridized carbons (Fsp3) is 0.667. The van der Waals surface area contributed by atoms with E-state index in [0.29, 0.717) is 24.3 Å². The van der Waals surface area contributed by atoms with Gasteiger partial charge in [0.15, 0.2) is 0 Å². The molecule has 2 rings (SSSR count). The molecule has 0 saturated heterocycles. The van der Waals surface area contributed by atoms with Crippen LogP contribution >= 0.6 is 0 Å². The number of aliphatic hydroxyl groups is 1. The smallest absolute Gasteiger partial charge is 0.225 e. The highest BCUT2D eigenvalue weighted by atomic mass is 16.5. The summed E-state index contributed by atoms with van der Waals surface area (Å²) in [5, 5.41) is 13.0. The van der Waals surface area contributed by atoms with Crippen LogP contribution in [-0.4, -0.2) is 34.8 Å². The Morgan fingerprint density at radius 2 is 2.29 bits per heavy atom. The molecule has 0 spiro atoms. The number of hydrogen-bond acceptors (Lipinski definition) is 5. The highest BCUT2D eigenvalue weighted by Gasteiger charge is 2.22.